The highest BCUT2D eigenvalue weighted by molar-refractivity contribution is 5.70. The highest BCUT2D eigenvalue weighted by Gasteiger charge is 2.18. The van der Waals surface area contributed by atoms with E-state index in [4.69, 9.17) is 0 Å². The molecule has 1 rings (SSSR count). The van der Waals surface area contributed by atoms with Crippen molar-refractivity contribution in [3.8, 4) is 0 Å². The minimum Gasteiger partial charge on any atom is -0.469 e. The molecule has 0 aromatic heterocycles. The maximum absolute atomic E-state index is 13.4. The molecule has 1 N–H and O–H groups in total. The number of carbonyl (C=O) groups excluding carboxylic acids is 1. The number of hydrogen-bond acceptors (Lipinski definition) is 3. The van der Waals surface area contributed by atoms with Gasteiger partial charge in [-0.2, -0.15) is 0 Å². The van der Waals surface area contributed by atoms with Gasteiger partial charge < -0.3 is 9.84 Å². The first kappa shape index (κ1) is 12.6. The van der Waals surface area contributed by atoms with Crippen LogP contribution in [-0.4, -0.2) is 18.2 Å². The molecule has 0 saturated carbocycles. The van der Waals surface area contributed by atoms with Crippen molar-refractivity contribution in [3.05, 3.63) is 34.9 Å². The lowest BCUT2D eigenvalue weighted by molar-refractivity contribution is -0.142. The summed E-state index contributed by atoms with van der Waals surface area (Å²) in [6, 6.07) is 1.86. The Morgan fingerprint density at radius 1 is 1.44 bits per heavy atom. The van der Waals surface area contributed by atoms with Crippen LogP contribution in [0.2, 0.25) is 0 Å². The van der Waals surface area contributed by atoms with E-state index >= 15 is 0 Å². The lowest BCUT2D eigenvalue weighted by Gasteiger charge is -2.11. The minimum absolute atomic E-state index is 0.145. The van der Waals surface area contributed by atoms with Crippen molar-refractivity contribution >= 4 is 5.97 Å². The summed E-state index contributed by atoms with van der Waals surface area (Å²) in [5.74, 6) is -2.05. The second-order valence-electron chi connectivity index (χ2n) is 3.42. The molecule has 16 heavy (non-hydrogen) atoms. The Balaban J connectivity index is 2.95. The van der Waals surface area contributed by atoms with Crippen LogP contribution in [0.25, 0.3) is 0 Å². The van der Waals surface area contributed by atoms with Crippen molar-refractivity contribution in [1.82, 2.24) is 0 Å². The first-order valence-corrected chi connectivity index (χ1v) is 4.66. The van der Waals surface area contributed by atoms with Crippen molar-refractivity contribution in [2.24, 2.45) is 0 Å². The van der Waals surface area contributed by atoms with E-state index in [1.54, 1.807) is 0 Å². The summed E-state index contributed by atoms with van der Waals surface area (Å²) in [7, 11) is 1.15. The van der Waals surface area contributed by atoms with E-state index in [1.165, 1.54) is 6.92 Å². The molecule has 88 valence electrons. The summed E-state index contributed by atoms with van der Waals surface area (Å²) in [4.78, 5) is 10.9. The minimum atomic E-state index is -1.40. The first-order chi connectivity index (χ1) is 7.45. The molecule has 0 radical (unpaired) electrons. The highest BCUT2D eigenvalue weighted by Crippen LogP contribution is 2.23. The van der Waals surface area contributed by atoms with Gasteiger partial charge in [-0.15, -0.1) is 0 Å². The number of hydrogen-bond donors (Lipinski definition) is 1. The summed E-state index contributed by atoms with van der Waals surface area (Å²) in [5, 5.41) is 9.51. The average molecular weight is 230 g/mol. The molecule has 0 aliphatic heterocycles. The lowest BCUT2D eigenvalue weighted by atomic mass is 10.0. The van der Waals surface area contributed by atoms with Crippen LogP contribution in [0.5, 0.6) is 0 Å². The summed E-state index contributed by atoms with van der Waals surface area (Å²) >= 11 is 0. The second-order valence-corrected chi connectivity index (χ2v) is 3.42. The third-order valence-electron chi connectivity index (χ3n) is 2.22. The van der Waals surface area contributed by atoms with Gasteiger partial charge in [0.2, 0.25) is 0 Å². The van der Waals surface area contributed by atoms with Gasteiger partial charge in [-0.05, 0) is 24.6 Å². The van der Waals surface area contributed by atoms with Crippen LogP contribution < -0.4 is 0 Å². The second kappa shape index (κ2) is 5.03. The van der Waals surface area contributed by atoms with Crippen molar-refractivity contribution < 1.29 is 23.4 Å². The topological polar surface area (TPSA) is 46.5 Å². The van der Waals surface area contributed by atoms with Gasteiger partial charge in [0.05, 0.1) is 19.6 Å². The van der Waals surface area contributed by atoms with E-state index in [1.807, 2.05) is 0 Å². The third-order valence-corrected chi connectivity index (χ3v) is 2.22. The molecule has 3 nitrogen and oxygen atoms in total. The first-order valence-electron chi connectivity index (χ1n) is 4.66. The monoisotopic (exact) mass is 230 g/mol. The number of aliphatic hydroxyl groups excluding tert-OH is 1. The molecular formula is C11H12F2O3. The molecule has 0 bridgehead atoms. The molecule has 0 unspecified atom stereocenters. The number of aliphatic hydroxyl groups is 1. The Morgan fingerprint density at radius 3 is 2.62 bits per heavy atom. The number of halogens is 2. The van der Waals surface area contributed by atoms with Gasteiger partial charge >= 0.3 is 5.97 Å². The van der Waals surface area contributed by atoms with Crippen LogP contribution in [0.1, 0.15) is 23.7 Å². The number of carbonyl (C=O) groups is 1. The summed E-state index contributed by atoms with van der Waals surface area (Å²) in [6.07, 6.45) is -1.81. The fourth-order valence-electron chi connectivity index (χ4n) is 1.27. The standard InChI is InChI=1S/C11H12F2O3/c1-6-3-9(13)7(4-8(6)12)10(14)5-11(15)16-2/h3-4,10,14H,5H2,1-2H3/t10-/m1/s1. The summed E-state index contributed by atoms with van der Waals surface area (Å²) in [6.45, 7) is 1.41. The Hall–Kier alpha value is -1.49. The number of esters is 1. The molecule has 1 aromatic carbocycles. The molecule has 0 saturated heterocycles. The summed E-state index contributed by atoms with van der Waals surface area (Å²) in [5.41, 5.74) is -0.0972. The van der Waals surface area contributed by atoms with Gasteiger partial charge in [-0.25, -0.2) is 8.78 Å². The van der Waals surface area contributed by atoms with Gasteiger partial charge in [-0.1, -0.05) is 0 Å². The molecule has 0 amide bonds. The number of aryl methyl sites for hydroxylation is 1. The Bertz CT molecular complexity index is 404. The molecule has 1 atom stereocenters. The van der Waals surface area contributed by atoms with Gasteiger partial charge in [0, 0.05) is 5.56 Å². The quantitative estimate of drug-likeness (QED) is 0.806. The predicted octanol–water partition coefficient (Wildman–Crippen LogP) is 1.87. The fourth-order valence-corrected chi connectivity index (χ4v) is 1.27. The van der Waals surface area contributed by atoms with E-state index in [9.17, 15) is 18.7 Å². The van der Waals surface area contributed by atoms with Crippen molar-refractivity contribution in [1.29, 1.82) is 0 Å². The zero-order valence-electron chi connectivity index (χ0n) is 8.96. The van der Waals surface area contributed by atoms with Crippen molar-refractivity contribution in [2.75, 3.05) is 7.11 Å². The highest BCUT2D eigenvalue weighted by atomic mass is 19.1. The van der Waals surface area contributed by atoms with E-state index in [0.29, 0.717) is 0 Å². The zero-order valence-corrected chi connectivity index (χ0v) is 8.96. The van der Waals surface area contributed by atoms with Crippen LogP contribution in [0, 0.1) is 18.6 Å². The molecular weight excluding hydrogens is 218 g/mol. The number of rotatable bonds is 3. The van der Waals surface area contributed by atoms with Gasteiger partial charge in [-0.3, -0.25) is 4.79 Å². The predicted molar refractivity (Wildman–Crippen MR) is 52.7 cm³/mol. The molecule has 5 heteroatoms. The maximum Gasteiger partial charge on any atom is 0.308 e. The zero-order chi connectivity index (χ0) is 12.3. The molecule has 0 aliphatic rings. The smallest absolute Gasteiger partial charge is 0.308 e. The van der Waals surface area contributed by atoms with Gasteiger partial charge in [0.25, 0.3) is 0 Å². The van der Waals surface area contributed by atoms with E-state index in [2.05, 4.69) is 4.74 Å². The normalized spacial score (nSPS) is 12.3. The lowest BCUT2D eigenvalue weighted by Crippen LogP contribution is -2.10. The molecule has 0 aliphatic carbocycles. The van der Waals surface area contributed by atoms with Crippen LogP contribution in [0.15, 0.2) is 12.1 Å². The van der Waals surface area contributed by atoms with Crippen molar-refractivity contribution in [3.63, 3.8) is 0 Å². The molecule has 0 heterocycles. The maximum atomic E-state index is 13.4. The number of methoxy groups -OCH3 is 1. The van der Waals surface area contributed by atoms with Crippen LogP contribution >= 0.6 is 0 Å². The summed E-state index contributed by atoms with van der Waals surface area (Å²) < 4.78 is 30.8. The van der Waals surface area contributed by atoms with E-state index in [-0.39, 0.29) is 11.1 Å². The Kier molecular flexibility index (Phi) is 3.95. The van der Waals surface area contributed by atoms with Gasteiger partial charge in [0.1, 0.15) is 11.6 Å². The largest absolute Gasteiger partial charge is 0.469 e. The van der Waals surface area contributed by atoms with Crippen molar-refractivity contribution in [2.45, 2.75) is 19.4 Å². The Morgan fingerprint density at radius 2 is 2.06 bits per heavy atom. The van der Waals surface area contributed by atoms with E-state index in [0.717, 1.165) is 19.2 Å². The van der Waals surface area contributed by atoms with Gasteiger partial charge in [0.15, 0.2) is 0 Å². The van der Waals surface area contributed by atoms with Crippen LogP contribution in [0.3, 0.4) is 0 Å². The number of ether oxygens (including phenoxy) is 1. The van der Waals surface area contributed by atoms with Crippen LogP contribution in [-0.2, 0) is 9.53 Å². The molecule has 0 spiro atoms. The fraction of sp³-hybridized carbons (Fsp3) is 0.364. The van der Waals surface area contributed by atoms with E-state index < -0.39 is 30.1 Å². The SMILES string of the molecule is COC(=O)C[C@@H](O)c1cc(F)c(C)cc1F. The average Bonchev–Trinajstić information content (AvgIpc) is 2.23. The number of benzene rings is 1. The molecule has 1 aromatic rings. The van der Waals surface area contributed by atoms with Crippen LogP contribution in [0.4, 0.5) is 8.78 Å². The molecule has 0 fully saturated rings. The third kappa shape index (κ3) is 2.76. The Labute approximate surface area is 91.7 Å².